The second kappa shape index (κ2) is 6.72. The molecule has 3 aliphatic heterocycles. The predicted octanol–water partition coefficient (Wildman–Crippen LogP) is 0.0457. The highest BCUT2D eigenvalue weighted by atomic mass is 16.3. The molecule has 2 bridgehead atoms. The minimum atomic E-state index is -0.826. The van der Waals surface area contributed by atoms with Crippen LogP contribution in [0.4, 0.5) is 0 Å². The number of piperidine rings is 1. The van der Waals surface area contributed by atoms with Crippen molar-refractivity contribution in [2.75, 3.05) is 13.1 Å². The first-order valence-corrected chi connectivity index (χ1v) is 10.2. The number of benzene rings is 1. The Morgan fingerprint density at radius 1 is 1.11 bits per heavy atom. The van der Waals surface area contributed by atoms with E-state index < -0.39 is 12.3 Å². The van der Waals surface area contributed by atoms with E-state index >= 15 is 0 Å². The summed E-state index contributed by atoms with van der Waals surface area (Å²) < 4.78 is 3.27. The standard InChI is InChI=1S/C20H27N5O3/c1-23-18-12(9-24-10-13-5-6-14(11-24)21-13)3-2-4-15(18)25(20(23)28)16-7-8-17(26)22-19(16)27/h2-4,13-14,16-17,21,26H,5-11H2,1H3,(H,22,27)/t13-,14+,16?,17?. The zero-order valence-corrected chi connectivity index (χ0v) is 16.1. The number of carbonyl (C=O) groups excluding carboxylic acids is 1. The fraction of sp³-hybridized carbons (Fsp3) is 0.600. The van der Waals surface area contributed by atoms with Gasteiger partial charge in [0.2, 0.25) is 5.91 Å². The van der Waals surface area contributed by atoms with Crippen molar-refractivity contribution in [1.29, 1.82) is 0 Å². The molecule has 4 atom stereocenters. The lowest BCUT2D eigenvalue weighted by Gasteiger charge is -2.33. The Morgan fingerprint density at radius 2 is 1.86 bits per heavy atom. The van der Waals surface area contributed by atoms with Gasteiger partial charge in [-0.1, -0.05) is 12.1 Å². The fourth-order valence-corrected chi connectivity index (χ4v) is 5.23. The zero-order chi connectivity index (χ0) is 19.4. The number of hydrogen-bond acceptors (Lipinski definition) is 5. The zero-order valence-electron chi connectivity index (χ0n) is 16.1. The minimum absolute atomic E-state index is 0.181. The van der Waals surface area contributed by atoms with Gasteiger partial charge in [0, 0.05) is 38.8 Å². The Morgan fingerprint density at radius 3 is 2.57 bits per heavy atom. The molecule has 3 aliphatic rings. The first-order chi connectivity index (χ1) is 13.5. The molecule has 1 aromatic carbocycles. The number of aliphatic hydroxyl groups is 1. The van der Waals surface area contributed by atoms with Crippen LogP contribution in [-0.2, 0) is 18.4 Å². The number of para-hydroxylation sites is 1. The van der Waals surface area contributed by atoms with Crippen LogP contribution in [0, 0.1) is 0 Å². The highest BCUT2D eigenvalue weighted by molar-refractivity contribution is 5.86. The van der Waals surface area contributed by atoms with E-state index in [1.165, 1.54) is 12.8 Å². The number of aliphatic hydroxyl groups excluding tert-OH is 1. The summed E-state index contributed by atoms with van der Waals surface area (Å²) in [4.78, 5) is 27.9. The lowest BCUT2D eigenvalue weighted by molar-refractivity contribution is -0.130. The van der Waals surface area contributed by atoms with Gasteiger partial charge < -0.3 is 15.7 Å². The van der Waals surface area contributed by atoms with Crippen LogP contribution in [0.15, 0.2) is 23.0 Å². The number of fused-ring (bicyclic) bond motifs is 3. The van der Waals surface area contributed by atoms with Crippen LogP contribution < -0.4 is 16.3 Å². The lowest BCUT2D eigenvalue weighted by atomic mass is 10.0. The molecular formula is C20H27N5O3. The van der Waals surface area contributed by atoms with E-state index in [0.29, 0.717) is 24.9 Å². The Bertz CT molecular complexity index is 968. The first-order valence-electron chi connectivity index (χ1n) is 10.2. The monoisotopic (exact) mass is 385 g/mol. The van der Waals surface area contributed by atoms with Gasteiger partial charge in [-0.25, -0.2) is 4.79 Å². The SMILES string of the molecule is Cn1c(=O)n(C2CCC(O)NC2=O)c2cccc(CN3C[C@H]4CC[C@@H](C3)N4)c21. The van der Waals surface area contributed by atoms with Crippen molar-refractivity contribution in [3.05, 3.63) is 34.2 Å². The summed E-state index contributed by atoms with van der Waals surface area (Å²) in [6.07, 6.45) is 2.55. The van der Waals surface area contributed by atoms with Gasteiger partial charge in [-0.3, -0.25) is 18.8 Å². The van der Waals surface area contributed by atoms with Gasteiger partial charge in [0.1, 0.15) is 12.3 Å². The number of rotatable bonds is 3. The van der Waals surface area contributed by atoms with Crippen molar-refractivity contribution in [3.63, 3.8) is 0 Å². The smallest absolute Gasteiger partial charge is 0.329 e. The topological polar surface area (TPSA) is 91.5 Å². The number of aryl methyl sites for hydroxylation is 1. The van der Waals surface area contributed by atoms with Crippen LogP contribution in [0.1, 0.15) is 37.3 Å². The second-order valence-corrected chi connectivity index (χ2v) is 8.45. The molecule has 0 radical (unpaired) electrons. The van der Waals surface area contributed by atoms with Crippen LogP contribution in [0.3, 0.4) is 0 Å². The summed E-state index contributed by atoms with van der Waals surface area (Å²) in [5.41, 5.74) is 2.63. The summed E-state index contributed by atoms with van der Waals surface area (Å²) in [7, 11) is 1.78. The number of likely N-dealkylation sites (tertiary alicyclic amines) is 1. The predicted molar refractivity (Wildman–Crippen MR) is 105 cm³/mol. The van der Waals surface area contributed by atoms with Crippen LogP contribution in [0.5, 0.6) is 0 Å². The van der Waals surface area contributed by atoms with Crippen molar-refractivity contribution in [2.24, 2.45) is 7.05 Å². The third-order valence-electron chi connectivity index (χ3n) is 6.51. The lowest BCUT2D eigenvalue weighted by Crippen LogP contribution is -2.50. The average molecular weight is 385 g/mol. The molecule has 5 rings (SSSR count). The molecule has 8 nitrogen and oxygen atoms in total. The van der Waals surface area contributed by atoms with Gasteiger partial charge in [-0.15, -0.1) is 0 Å². The van der Waals surface area contributed by atoms with Crippen LogP contribution in [0.25, 0.3) is 11.0 Å². The largest absolute Gasteiger partial charge is 0.374 e. The van der Waals surface area contributed by atoms with E-state index in [9.17, 15) is 14.7 Å². The van der Waals surface area contributed by atoms with Crippen molar-refractivity contribution in [2.45, 2.75) is 56.6 Å². The molecule has 1 aromatic heterocycles. The number of piperazine rings is 1. The van der Waals surface area contributed by atoms with Crippen molar-refractivity contribution >= 4 is 16.9 Å². The Kier molecular flexibility index (Phi) is 4.30. The van der Waals surface area contributed by atoms with Gasteiger partial charge in [-0.05, 0) is 37.3 Å². The number of nitrogens with one attached hydrogen (secondary N) is 2. The molecule has 0 saturated carbocycles. The van der Waals surface area contributed by atoms with E-state index in [4.69, 9.17) is 0 Å². The average Bonchev–Trinajstić information content (AvgIpc) is 3.13. The summed E-state index contributed by atoms with van der Waals surface area (Å²) in [6, 6.07) is 6.54. The van der Waals surface area contributed by atoms with Crippen LogP contribution >= 0.6 is 0 Å². The third-order valence-corrected chi connectivity index (χ3v) is 6.51. The normalized spacial score (nSPS) is 30.7. The molecule has 150 valence electrons. The molecule has 2 unspecified atom stereocenters. The van der Waals surface area contributed by atoms with Crippen LogP contribution in [0.2, 0.25) is 0 Å². The number of aromatic nitrogens is 2. The van der Waals surface area contributed by atoms with E-state index in [0.717, 1.165) is 36.2 Å². The molecule has 3 saturated heterocycles. The summed E-state index contributed by atoms with van der Waals surface area (Å²) in [5, 5.41) is 15.9. The summed E-state index contributed by atoms with van der Waals surface area (Å²) in [6.45, 7) is 2.87. The van der Waals surface area contributed by atoms with Gasteiger partial charge in [0.25, 0.3) is 0 Å². The van der Waals surface area contributed by atoms with Gasteiger partial charge in [0.15, 0.2) is 0 Å². The number of carbonyl (C=O) groups is 1. The molecule has 0 aliphatic carbocycles. The maximum atomic E-state index is 13.0. The molecular weight excluding hydrogens is 358 g/mol. The third kappa shape index (κ3) is 2.87. The Hall–Kier alpha value is -2.16. The minimum Gasteiger partial charge on any atom is -0.374 e. The second-order valence-electron chi connectivity index (χ2n) is 8.45. The van der Waals surface area contributed by atoms with E-state index in [1.54, 1.807) is 16.2 Å². The van der Waals surface area contributed by atoms with Crippen molar-refractivity contribution in [1.82, 2.24) is 24.7 Å². The number of nitrogens with zero attached hydrogens (tertiary/aromatic N) is 3. The van der Waals surface area contributed by atoms with E-state index in [2.05, 4.69) is 21.6 Å². The highest BCUT2D eigenvalue weighted by Gasteiger charge is 2.34. The number of hydrogen-bond donors (Lipinski definition) is 3. The first kappa shape index (κ1) is 17.9. The highest BCUT2D eigenvalue weighted by Crippen LogP contribution is 2.27. The Balaban J connectivity index is 1.52. The molecule has 2 aromatic rings. The molecule has 4 heterocycles. The number of imidazole rings is 1. The molecule has 0 spiro atoms. The Labute approximate surface area is 163 Å². The summed E-state index contributed by atoms with van der Waals surface area (Å²) in [5.74, 6) is -0.294. The van der Waals surface area contributed by atoms with Crippen LogP contribution in [-0.4, -0.2) is 56.4 Å². The van der Waals surface area contributed by atoms with Gasteiger partial charge >= 0.3 is 5.69 Å². The fourth-order valence-electron chi connectivity index (χ4n) is 5.23. The van der Waals surface area contributed by atoms with Crippen molar-refractivity contribution in [3.8, 4) is 0 Å². The maximum Gasteiger partial charge on any atom is 0.329 e. The molecule has 1 amide bonds. The molecule has 3 N–H and O–H groups in total. The number of amides is 1. The quantitative estimate of drug-likeness (QED) is 0.694. The van der Waals surface area contributed by atoms with Gasteiger partial charge in [0.05, 0.1) is 11.0 Å². The molecule has 28 heavy (non-hydrogen) atoms. The van der Waals surface area contributed by atoms with E-state index in [1.807, 2.05) is 12.1 Å². The van der Waals surface area contributed by atoms with Gasteiger partial charge in [-0.2, -0.15) is 0 Å². The van der Waals surface area contributed by atoms with Crippen molar-refractivity contribution < 1.29 is 9.90 Å². The molecule has 8 heteroatoms. The van der Waals surface area contributed by atoms with E-state index in [-0.39, 0.29) is 11.6 Å². The summed E-state index contributed by atoms with van der Waals surface area (Å²) >= 11 is 0. The maximum absolute atomic E-state index is 13.0. The molecule has 3 fully saturated rings.